The van der Waals surface area contributed by atoms with E-state index in [9.17, 15) is 13.2 Å². The van der Waals surface area contributed by atoms with Gasteiger partial charge in [-0.1, -0.05) is 6.92 Å². The van der Waals surface area contributed by atoms with E-state index in [0.717, 1.165) is 17.3 Å². The molecule has 7 nitrogen and oxygen atoms in total. The predicted octanol–water partition coefficient (Wildman–Crippen LogP) is -0.0887. The molecule has 0 aromatic carbocycles. The van der Waals surface area contributed by atoms with Crippen LogP contribution in [-0.4, -0.2) is 80.3 Å². The number of aliphatic carboxylic acids is 1. The lowest BCUT2D eigenvalue weighted by Gasteiger charge is -2.26. The maximum atomic E-state index is 12.2. The number of hydrogen-bond donors (Lipinski definition) is 1. The first-order valence-corrected chi connectivity index (χ1v) is 7.69. The van der Waals surface area contributed by atoms with E-state index in [-0.39, 0.29) is 13.0 Å². The van der Waals surface area contributed by atoms with Crippen molar-refractivity contribution < 1.29 is 18.3 Å². The minimum atomic E-state index is -3.56. The van der Waals surface area contributed by atoms with Crippen LogP contribution >= 0.6 is 0 Å². The quantitative estimate of drug-likeness (QED) is 0.609. The van der Waals surface area contributed by atoms with Crippen molar-refractivity contribution in [3.8, 4) is 0 Å². The van der Waals surface area contributed by atoms with Gasteiger partial charge >= 0.3 is 5.97 Å². The van der Waals surface area contributed by atoms with E-state index < -0.39 is 16.2 Å². The molecular weight excluding hydrogens is 270 g/mol. The molecule has 0 aliphatic heterocycles. The highest BCUT2D eigenvalue weighted by Crippen LogP contribution is 2.08. The fourth-order valence-corrected chi connectivity index (χ4v) is 2.97. The summed E-state index contributed by atoms with van der Waals surface area (Å²) >= 11 is 0. The van der Waals surface area contributed by atoms with Gasteiger partial charge in [-0.15, -0.1) is 0 Å². The van der Waals surface area contributed by atoms with Gasteiger partial charge in [-0.05, 0) is 27.1 Å². The van der Waals surface area contributed by atoms with E-state index in [2.05, 4.69) is 0 Å². The molecule has 0 spiro atoms. The van der Waals surface area contributed by atoms with Crippen LogP contribution in [0.4, 0.5) is 0 Å². The molecule has 0 rings (SSSR count). The lowest BCUT2D eigenvalue weighted by Crippen LogP contribution is -2.43. The first-order chi connectivity index (χ1) is 8.71. The van der Waals surface area contributed by atoms with Crippen molar-refractivity contribution in [3.63, 3.8) is 0 Å². The summed E-state index contributed by atoms with van der Waals surface area (Å²) in [6.07, 6.45) is 0.553. The van der Waals surface area contributed by atoms with Crippen molar-refractivity contribution in [2.75, 3.05) is 47.3 Å². The Labute approximate surface area is 116 Å². The predicted molar refractivity (Wildman–Crippen MR) is 74.2 cm³/mol. The number of rotatable bonds is 10. The minimum absolute atomic E-state index is 0.0121. The van der Waals surface area contributed by atoms with Crippen molar-refractivity contribution >= 4 is 16.2 Å². The van der Waals surface area contributed by atoms with Gasteiger partial charge in [-0.3, -0.25) is 4.79 Å². The zero-order valence-electron chi connectivity index (χ0n) is 12.2. The van der Waals surface area contributed by atoms with Gasteiger partial charge in [0.25, 0.3) is 10.2 Å². The highest BCUT2D eigenvalue weighted by Gasteiger charge is 2.25. The van der Waals surface area contributed by atoms with Crippen molar-refractivity contribution in [3.05, 3.63) is 0 Å². The SMILES string of the molecule is CCN(CCCN(C)C)S(=O)(=O)N(C)CCC(=O)O. The smallest absolute Gasteiger partial charge is 0.304 e. The molecular formula is C11H25N3O4S. The number of hydrogen-bond acceptors (Lipinski definition) is 4. The van der Waals surface area contributed by atoms with Crippen molar-refractivity contribution in [2.24, 2.45) is 0 Å². The summed E-state index contributed by atoms with van der Waals surface area (Å²) in [4.78, 5) is 12.5. The summed E-state index contributed by atoms with van der Waals surface area (Å²) in [5.41, 5.74) is 0. The molecule has 0 heterocycles. The van der Waals surface area contributed by atoms with E-state index in [0.29, 0.717) is 13.1 Å². The van der Waals surface area contributed by atoms with Crippen LogP contribution in [0, 0.1) is 0 Å². The summed E-state index contributed by atoms with van der Waals surface area (Å²) in [5, 5.41) is 8.59. The van der Waals surface area contributed by atoms with Crippen molar-refractivity contribution in [1.29, 1.82) is 0 Å². The normalized spacial score (nSPS) is 12.6. The zero-order valence-corrected chi connectivity index (χ0v) is 13.0. The van der Waals surface area contributed by atoms with Crippen LogP contribution in [0.5, 0.6) is 0 Å². The average molecular weight is 295 g/mol. The van der Waals surface area contributed by atoms with Crippen LogP contribution in [0.1, 0.15) is 19.8 Å². The van der Waals surface area contributed by atoms with Crippen LogP contribution in [0.15, 0.2) is 0 Å². The van der Waals surface area contributed by atoms with Gasteiger partial charge < -0.3 is 10.0 Å². The van der Waals surface area contributed by atoms with Gasteiger partial charge in [-0.2, -0.15) is 17.0 Å². The molecule has 0 saturated heterocycles. The molecule has 0 aliphatic rings. The van der Waals surface area contributed by atoms with Gasteiger partial charge in [0.1, 0.15) is 0 Å². The molecule has 0 fully saturated rings. The first-order valence-electron chi connectivity index (χ1n) is 6.29. The molecule has 0 bridgehead atoms. The van der Waals surface area contributed by atoms with E-state index in [1.807, 2.05) is 19.0 Å². The molecule has 8 heteroatoms. The van der Waals surface area contributed by atoms with Crippen LogP contribution in [0.3, 0.4) is 0 Å². The van der Waals surface area contributed by atoms with E-state index >= 15 is 0 Å². The monoisotopic (exact) mass is 295 g/mol. The Kier molecular flexibility index (Phi) is 8.15. The van der Waals surface area contributed by atoms with Crippen molar-refractivity contribution in [1.82, 2.24) is 13.5 Å². The second-order valence-electron chi connectivity index (χ2n) is 4.62. The fraction of sp³-hybridized carbons (Fsp3) is 0.909. The maximum absolute atomic E-state index is 12.2. The molecule has 0 aromatic heterocycles. The highest BCUT2D eigenvalue weighted by molar-refractivity contribution is 7.86. The summed E-state index contributed by atoms with van der Waals surface area (Å²) in [7, 11) is 1.72. The largest absolute Gasteiger partial charge is 0.481 e. The molecule has 114 valence electrons. The van der Waals surface area contributed by atoms with Crippen molar-refractivity contribution in [2.45, 2.75) is 19.8 Å². The Balaban J connectivity index is 4.50. The second kappa shape index (κ2) is 8.47. The molecule has 0 atom stereocenters. The molecule has 0 amide bonds. The third-order valence-corrected chi connectivity index (χ3v) is 4.79. The van der Waals surface area contributed by atoms with Crippen LogP contribution in [0.2, 0.25) is 0 Å². The summed E-state index contributed by atoms with van der Waals surface area (Å²) < 4.78 is 26.9. The lowest BCUT2D eigenvalue weighted by molar-refractivity contribution is -0.137. The molecule has 0 aliphatic carbocycles. The van der Waals surface area contributed by atoms with E-state index in [1.54, 1.807) is 6.92 Å². The molecule has 0 saturated carbocycles. The zero-order chi connectivity index (χ0) is 15.1. The number of nitrogens with zero attached hydrogens (tertiary/aromatic N) is 3. The van der Waals surface area contributed by atoms with Crippen LogP contribution in [0.25, 0.3) is 0 Å². The van der Waals surface area contributed by atoms with E-state index in [4.69, 9.17) is 5.11 Å². The van der Waals surface area contributed by atoms with Gasteiger partial charge in [0.15, 0.2) is 0 Å². The van der Waals surface area contributed by atoms with Gasteiger partial charge in [0.2, 0.25) is 0 Å². The standard InChI is InChI=1S/C11H25N3O4S/c1-5-14(9-6-8-12(2)3)19(17,18)13(4)10-7-11(15)16/h5-10H2,1-4H3,(H,15,16). The third-order valence-electron chi connectivity index (χ3n) is 2.73. The Bertz CT molecular complexity index is 370. The van der Waals surface area contributed by atoms with E-state index in [1.165, 1.54) is 11.4 Å². The number of carbonyl (C=O) groups is 1. The van der Waals surface area contributed by atoms with Crippen LogP contribution in [-0.2, 0) is 15.0 Å². The summed E-state index contributed by atoms with van der Waals surface area (Å²) in [5.74, 6) is -1.00. The molecule has 1 N–H and O–H groups in total. The Hall–Kier alpha value is -0.700. The first kappa shape index (κ1) is 18.3. The second-order valence-corrected chi connectivity index (χ2v) is 6.66. The average Bonchev–Trinajstić information content (AvgIpc) is 2.30. The van der Waals surface area contributed by atoms with Gasteiger partial charge in [0, 0.05) is 26.7 Å². The van der Waals surface area contributed by atoms with Gasteiger partial charge in [-0.25, -0.2) is 0 Å². The fourth-order valence-electron chi connectivity index (χ4n) is 1.57. The van der Waals surface area contributed by atoms with Crippen LogP contribution < -0.4 is 0 Å². The topological polar surface area (TPSA) is 81.2 Å². The molecule has 0 unspecified atom stereocenters. The summed E-state index contributed by atoms with van der Waals surface area (Å²) in [6, 6.07) is 0. The van der Waals surface area contributed by atoms with Gasteiger partial charge in [0.05, 0.1) is 6.42 Å². The number of carboxylic acids is 1. The Morgan fingerprint density at radius 2 is 1.68 bits per heavy atom. The molecule has 0 radical (unpaired) electrons. The highest BCUT2D eigenvalue weighted by atomic mass is 32.2. The third kappa shape index (κ3) is 6.86. The molecule has 19 heavy (non-hydrogen) atoms. The summed E-state index contributed by atoms with van der Waals surface area (Å²) in [6.45, 7) is 3.40. The lowest BCUT2D eigenvalue weighted by atomic mass is 10.4. The number of carboxylic acid groups (broad SMARTS) is 1. The minimum Gasteiger partial charge on any atom is -0.481 e. The Morgan fingerprint density at radius 1 is 1.11 bits per heavy atom. The Morgan fingerprint density at radius 3 is 2.11 bits per heavy atom. The molecule has 0 aromatic rings. The maximum Gasteiger partial charge on any atom is 0.304 e.